The van der Waals surface area contributed by atoms with Crippen molar-refractivity contribution in [2.24, 2.45) is 5.73 Å². The molecule has 1 saturated heterocycles. The summed E-state index contributed by atoms with van der Waals surface area (Å²) in [5.41, 5.74) is 7.03. The number of anilines is 1. The molecule has 1 aromatic heterocycles. The fourth-order valence-corrected chi connectivity index (χ4v) is 2.49. The van der Waals surface area contributed by atoms with Crippen LogP contribution in [-0.2, 0) is 4.74 Å². The van der Waals surface area contributed by atoms with Crippen LogP contribution < -0.4 is 10.6 Å². The maximum Gasteiger partial charge on any atom is 0.298 e. The third-order valence-corrected chi connectivity index (χ3v) is 3.71. The van der Waals surface area contributed by atoms with Crippen molar-refractivity contribution >= 4 is 23.0 Å². The molecule has 0 saturated carbocycles. The van der Waals surface area contributed by atoms with Gasteiger partial charge in [-0.3, -0.25) is 4.79 Å². The molecule has 1 fully saturated rings. The van der Waals surface area contributed by atoms with Gasteiger partial charge in [-0.2, -0.15) is 4.98 Å². The molecule has 0 unspecified atom stereocenters. The van der Waals surface area contributed by atoms with Crippen molar-refractivity contribution < 1.29 is 13.9 Å². The van der Waals surface area contributed by atoms with Gasteiger partial charge in [0.2, 0.25) is 5.91 Å². The fourth-order valence-electron chi connectivity index (χ4n) is 2.49. The highest BCUT2D eigenvalue weighted by Gasteiger charge is 2.22. The van der Waals surface area contributed by atoms with Crippen molar-refractivity contribution in [1.29, 1.82) is 0 Å². The molecule has 1 aromatic carbocycles. The van der Waals surface area contributed by atoms with Gasteiger partial charge in [-0.15, -0.1) is 0 Å². The van der Waals surface area contributed by atoms with Gasteiger partial charge in [-0.05, 0) is 31.0 Å². The Morgan fingerprint density at radius 1 is 1.45 bits per heavy atom. The zero-order chi connectivity index (χ0) is 14.1. The molecule has 1 aliphatic heterocycles. The molecule has 0 aliphatic carbocycles. The van der Waals surface area contributed by atoms with E-state index < -0.39 is 5.91 Å². The van der Waals surface area contributed by atoms with Crippen LogP contribution in [0.1, 0.15) is 23.2 Å². The lowest BCUT2D eigenvalue weighted by atomic mass is 10.1. The van der Waals surface area contributed by atoms with Gasteiger partial charge >= 0.3 is 0 Å². The Bertz CT molecular complexity index is 630. The summed E-state index contributed by atoms with van der Waals surface area (Å²) >= 11 is 0. The molecular weight excluding hydrogens is 258 g/mol. The number of oxazole rings is 1. The standard InChI is InChI=1S/C14H17N3O3/c1-19-10-4-6-17(7-5-10)14-16-11-8-9(13(15)18)2-3-12(11)20-14/h2-3,8,10H,4-7H2,1H3,(H2,15,18). The summed E-state index contributed by atoms with van der Waals surface area (Å²) in [6.45, 7) is 1.71. The van der Waals surface area contributed by atoms with E-state index in [2.05, 4.69) is 9.88 Å². The van der Waals surface area contributed by atoms with Crippen LogP contribution in [0, 0.1) is 0 Å². The van der Waals surface area contributed by atoms with Crippen LogP contribution in [0.4, 0.5) is 6.01 Å². The minimum absolute atomic E-state index is 0.317. The van der Waals surface area contributed by atoms with E-state index in [0.29, 0.717) is 28.8 Å². The number of aromatic nitrogens is 1. The number of methoxy groups -OCH3 is 1. The van der Waals surface area contributed by atoms with Gasteiger partial charge in [-0.25, -0.2) is 0 Å². The second-order valence-corrected chi connectivity index (χ2v) is 4.97. The lowest BCUT2D eigenvalue weighted by Crippen LogP contribution is -2.36. The van der Waals surface area contributed by atoms with Crippen LogP contribution in [-0.4, -0.2) is 37.2 Å². The Hall–Kier alpha value is -2.08. The van der Waals surface area contributed by atoms with Gasteiger partial charge in [-0.1, -0.05) is 0 Å². The predicted octanol–water partition coefficient (Wildman–Crippen LogP) is 1.54. The van der Waals surface area contributed by atoms with Crippen molar-refractivity contribution in [2.75, 3.05) is 25.1 Å². The zero-order valence-electron chi connectivity index (χ0n) is 11.3. The second-order valence-electron chi connectivity index (χ2n) is 4.97. The van der Waals surface area contributed by atoms with E-state index in [4.69, 9.17) is 14.9 Å². The predicted molar refractivity (Wildman–Crippen MR) is 74.8 cm³/mol. The minimum atomic E-state index is -0.461. The summed E-state index contributed by atoms with van der Waals surface area (Å²) in [6.07, 6.45) is 2.24. The van der Waals surface area contributed by atoms with Crippen LogP contribution in [0.25, 0.3) is 11.1 Å². The van der Waals surface area contributed by atoms with E-state index in [9.17, 15) is 4.79 Å². The number of primary amides is 1. The van der Waals surface area contributed by atoms with Crippen molar-refractivity contribution in [3.05, 3.63) is 23.8 Å². The summed E-state index contributed by atoms with van der Waals surface area (Å²) in [7, 11) is 1.74. The molecular formula is C14H17N3O3. The summed E-state index contributed by atoms with van der Waals surface area (Å²) in [5, 5.41) is 0. The highest BCUT2D eigenvalue weighted by Crippen LogP contribution is 2.25. The Labute approximate surface area is 116 Å². The molecule has 1 aliphatic rings. The smallest absolute Gasteiger partial charge is 0.298 e. The first-order chi connectivity index (χ1) is 9.67. The molecule has 2 heterocycles. The number of piperidine rings is 1. The Kier molecular flexibility index (Phi) is 3.31. The lowest BCUT2D eigenvalue weighted by Gasteiger charge is -2.29. The van der Waals surface area contributed by atoms with Crippen LogP contribution in [0.5, 0.6) is 0 Å². The SMILES string of the molecule is COC1CCN(c2nc3cc(C(N)=O)ccc3o2)CC1. The van der Waals surface area contributed by atoms with E-state index >= 15 is 0 Å². The van der Waals surface area contributed by atoms with Gasteiger partial charge in [0.15, 0.2) is 5.58 Å². The first-order valence-corrected chi connectivity index (χ1v) is 6.65. The van der Waals surface area contributed by atoms with Gasteiger partial charge in [0.25, 0.3) is 6.01 Å². The highest BCUT2D eigenvalue weighted by atomic mass is 16.5. The topological polar surface area (TPSA) is 81.6 Å². The third-order valence-electron chi connectivity index (χ3n) is 3.71. The van der Waals surface area contributed by atoms with E-state index in [1.807, 2.05) is 0 Å². The first-order valence-electron chi connectivity index (χ1n) is 6.65. The number of hydrogen-bond donors (Lipinski definition) is 1. The molecule has 2 N–H and O–H groups in total. The van der Waals surface area contributed by atoms with Crippen LogP contribution >= 0.6 is 0 Å². The largest absolute Gasteiger partial charge is 0.423 e. The summed E-state index contributed by atoms with van der Waals surface area (Å²) in [5.74, 6) is -0.461. The average Bonchev–Trinajstić information content (AvgIpc) is 2.90. The van der Waals surface area contributed by atoms with Crippen molar-refractivity contribution in [2.45, 2.75) is 18.9 Å². The average molecular weight is 275 g/mol. The molecule has 0 atom stereocenters. The Balaban J connectivity index is 1.84. The highest BCUT2D eigenvalue weighted by molar-refractivity contribution is 5.96. The Morgan fingerprint density at radius 2 is 2.20 bits per heavy atom. The maximum absolute atomic E-state index is 11.2. The van der Waals surface area contributed by atoms with Crippen LogP contribution in [0.3, 0.4) is 0 Å². The van der Waals surface area contributed by atoms with Crippen LogP contribution in [0.15, 0.2) is 22.6 Å². The van der Waals surface area contributed by atoms with Gasteiger partial charge in [0, 0.05) is 25.8 Å². The Morgan fingerprint density at radius 3 is 2.85 bits per heavy atom. The van der Waals surface area contributed by atoms with Crippen LogP contribution in [0.2, 0.25) is 0 Å². The number of hydrogen-bond acceptors (Lipinski definition) is 5. The number of fused-ring (bicyclic) bond motifs is 1. The van der Waals surface area contributed by atoms with Gasteiger partial charge < -0.3 is 19.8 Å². The number of benzene rings is 1. The van der Waals surface area contributed by atoms with E-state index in [-0.39, 0.29) is 0 Å². The van der Waals surface area contributed by atoms with Crippen molar-refractivity contribution in [3.63, 3.8) is 0 Å². The molecule has 0 bridgehead atoms. The van der Waals surface area contributed by atoms with E-state index in [0.717, 1.165) is 25.9 Å². The molecule has 0 spiro atoms. The fraction of sp³-hybridized carbons (Fsp3) is 0.429. The minimum Gasteiger partial charge on any atom is -0.423 e. The molecule has 6 nitrogen and oxygen atoms in total. The number of ether oxygens (including phenoxy) is 1. The molecule has 1 amide bonds. The van der Waals surface area contributed by atoms with Gasteiger partial charge in [0.1, 0.15) is 5.52 Å². The summed E-state index contributed by atoms with van der Waals surface area (Å²) < 4.78 is 11.1. The van der Waals surface area contributed by atoms with Crippen molar-refractivity contribution in [1.82, 2.24) is 4.98 Å². The number of carbonyl (C=O) groups excluding carboxylic acids is 1. The van der Waals surface area contributed by atoms with Crippen molar-refractivity contribution in [3.8, 4) is 0 Å². The van der Waals surface area contributed by atoms with E-state index in [1.54, 1.807) is 25.3 Å². The number of nitrogens with zero attached hydrogens (tertiary/aromatic N) is 2. The normalized spacial score (nSPS) is 16.8. The second kappa shape index (κ2) is 5.13. The molecule has 3 rings (SSSR count). The molecule has 6 heteroatoms. The summed E-state index contributed by atoms with van der Waals surface area (Å²) in [4.78, 5) is 17.7. The number of carbonyl (C=O) groups is 1. The maximum atomic E-state index is 11.2. The first kappa shape index (κ1) is 12.9. The summed E-state index contributed by atoms with van der Waals surface area (Å²) in [6, 6.07) is 5.63. The third kappa shape index (κ3) is 2.34. The number of amides is 1. The quantitative estimate of drug-likeness (QED) is 0.919. The molecule has 2 aromatic rings. The number of nitrogens with two attached hydrogens (primary N) is 1. The van der Waals surface area contributed by atoms with E-state index in [1.165, 1.54) is 0 Å². The van der Waals surface area contributed by atoms with Gasteiger partial charge in [0.05, 0.1) is 6.10 Å². The molecule has 20 heavy (non-hydrogen) atoms. The monoisotopic (exact) mass is 275 g/mol. The zero-order valence-corrected chi connectivity index (χ0v) is 11.3. The lowest BCUT2D eigenvalue weighted by molar-refractivity contribution is 0.0811. The molecule has 0 radical (unpaired) electrons. The molecule has 106 valence electrons. The number of rotatable bonds is 3.